The van der Waals surface area contributed by atoms with Gasteiger partial charge in [-0.15, -0.1) is 0 Å². The summed E-state index contributed by atoms with van der Waals surface area (Å²) in [6, 6.07) is 3.33. The molecule has 1 heterocycles. The van der Waals surface area contributed by atoms with E-state index in [2.05, 4.69) is 15.5 Å². The minimum absolute atomic E-state index is 0.169. The van der Waals surface area contributed by atoms with Gasteiger partial charge in [0.25, 0.3) is 0 Å². The number of hydrogen-bond donors (Lipinski definition) is 2. The summed E-state index contributed by atoms with van der Waals surface area (Å²) >= 11 is 0. The van der Waals surface area contributed by atoms with Gasteiger partial charge in [0.15, 0.2) is 0 Å². The quantitative estimate of drug-likeness (QED) is 0.774. The van der Waals surface area contributed by atoms with E-state index in [0.29, 0.717) is 6.42 Å². The molecule has 2 rings (SSSR count). The normalized spacial score (nSPS) is 11.0. The number of benzene rings is 1. The summed E-state index contributed by atoms with van der Waals surface area (Å²) in [4.78, 5) is 0. The maximum Gasteiger partial charge on any atom is 0.128 e. The Hall–Kier alpha value is -1.42. The zero-order valence-corrected chi connectivity index (χ0v) is 7.97. The van der Waals surface area contributed by atoms with Gasteiger partial charge in [-0.05, 0) is 37.7 Å². The van der Waals surface area contributed by atoms with Crippen molar-refractivity contribution in [1.82, 2.24) is 15.5 Å². The van der Waals surface area contributed by atoms with Crippen LogP contribution in [-0.4, -0.2) is 23.8 Å². The minimum atomic E-state index is -0.169. The van der Waals surface area contributed by atoms with Crippen LogP contribution in [-0.2, 0) is 6.42 Å². The van der Waals surface area contributed by atoms with E-state index in [0.717, 1.165) is 23.0 Å². The third kappa shape index (κ3) is 1.61. The molecule has 74 valence electrons. The molecule has 1 aromatic carbocycles. The van der Waals surface area contributed by atoms with Crippen molar-refractivity contribution >= 4 is 10.9 Å². The zero-order chi connectivity index (χ0) is 9.97. The second kappa shape index (κ2) is 3.75. The molecule has 0 atom stereocenters. The molecule has 0 saturated carbocycles. The Morgan fingerprint density at radius 2 is 2.36 bits per heavy atom. The summed E-state index contributed by atoms with van der Waals surface area (Å²) in [6.07, 6.45) is 2.40. The number of halogens is 1. The number of fused-ring (bicyclic) bond motifs is 1. The predicted octanol–water partition coefficient (Wildman–Crippen LogP) is 1.46. The maximum absolute atomic E-state index is 13.4. The lowest BCUT2D eigenvalue weighted by Crippen LogP contribution is -2.11. The second-order valence-corrected chi connectivity index (χ2v) is 3.25. The standard InChI is InChI=1S/C10H12FN3/c1-12-3-2-7-4-8-6-13-14-10(8)5-9(7)11/h4-6,12H,2-3H2,1H3,(H,13,14). The maximum atomic E-state index is 13.4. The number of nitrogens with zero attached hydrogens (tertiary/aromatic N) is 1. The van der Waals surface area contributed by atoms with Gasteiger partial charge in [-0.25, -0.2) is 4.39 Å². The van der Waals surface area contributed by atoms with Crippen molar-refractivity contribution in [2.24, 2.45) is 0 Å². The fourth-order valence-electron chi connectivity index (χ4n) is 1.46. The smallest absolute Gasteiger partial charge is 0.128 e. The van der Waals surface area contributed by atoms with Crippen molar-refractivity contribution in [3.05, 3.63) is 29.7 Å². The van der Waals surface area contributed by atoms with Crippen LogP contribution in [0.5, 0.6) is 0 Å². The fourth-order valence-corrected chi connectivity index (χ4v) is 1.46. The van der Waals surface area contributed by atoms with Crippen LogP contribution in [0.25, 0.3) is 10.9 Å². The molecule has 0 spiro atoms. The molecular weight excluding hydrogens is 181 g/mol. The monoisotopic (exact) mass is 193 g/mol. The summed E-state index contributed by atoms with van der Waals surface area (Å²) in [7, 11) is 1.86. The largest absolute Gasteiger partial charge is 0.319 e. The van der Waals surface area contributed by atoms with Crippen LogP contribution in [0.1, 0.15) is 5.56 Å². The van der Waals surface area contributed by atoms with Crippen LogP contribution in [0.2, 0.25) is 0 Å². The van der Waals surface area contributed by atoms with E-state index in [9.17, 15) is 4.39 Å². The molecule has 2 aromatic rings. The molecule has 0 radical (unpaired) electrons. The van der Waals surface area contributed by atoms with Gasteiger partial charge in [0.2, 0.25) is 0 Å². The number of rotatable bonds is 3. The topological polar surface area (TPSA) is 40.7 Å². The number of H-pyrrole nitrogens is 1. The Balaban J connectivity index is 2.38. The molecule has 0 aliphatic heterocycles. The summed E-state index contributed by atoms with van der Waals surface area (Å²) < 4.78 is 13.4. The van der Waals surface area contributed by atoms with Crippen molar-refractivity contribution in [2.45, 2.75) is 6.42 Å². The highest BCUT2D eigenvalue weighted by atomic mass is 19.1. The Kier molecular flexibility index (Phi) is 2.45. The summed E-state index contributed by atoms with van der Waals surface area (Å²) in [5.41, 5.74) is 1.48. The second-order valence-electron chi connectivity index (χ2n) is 3.25. The summed E-state index contributed by atoms with van der Waals surface area (Å²) in [6.45, 7) is 0.778. The Bertz CT molecular complexity index is 436. The lowest BCUT2D eigenvalue weighted by atomic mass is 10.1. The van der Waals surface area contributed by atoms with Crippen LogP contribution >= 0.6 is 0 Å². The van der Waals surface area contributed by atoms with Crippen LogP contribution in [0.4, 0.5) is 4.39 Å². The molecule has 3 nitrogen and oxygen atoms in total. The van der Waals surface area contributed by atoms with E-state index in [4.69, 9.17) is 0 Å². The molecule has 4 heteroatoms. The third-order valence-corrected chi connectivity index (χ3v) is 2.25. The Morgan fingerprint density at radius 3 is 3.14 bits per heavy atom. The van der Waals surface area contributed by atoms with E-state index in [1.165, 1.54) is 6.07 Å². The van der Waals surface area contributed by atoms with Gasteiger partial charge in [-0.2, -0.15) is 5.10 Å². The number of hydrogen-bond acceptors (Lipinski definition) is 2. The van der Waals surface area contributed by atoms with Crippen molar-refractivity contribution < 1.29 is 4.39 Å². The SMILES string of the molecule is CNCCc1cc2cn[nH]c2cc1F. The van der Waals surface area contributed by atoms with Gasteiger partial charge >= 0.3 is 0 Å². The zero-order valence-electron chi connectivity index (χ0n) is 7.97. The Labute approximate surface area is 81.3 Å². The van der Waals surface area contributed by atoms with Gasteiger partial charge in [-0.3, -0.25) is 5.10 Å². The molecule has 0 saturated heterocycles. The first-order valence-electron chi connectivity index (χ1n) is 4.57. The van der Waals surface area contributed by atoms with Crippen molar-refractivity contribution in [3.63, 3.8) is 0 Å². The predicted molar refractivity (Wildman–Crippen MR) is 53.7 cm³/mol. The number of aromatic nitrogens is 2. The molecule has 14 heavy (non-hydrogen) atoms. The van der Waals surface area contributed by atoms with E-state index < -0.39 is 0 Å². The van der Waals surface area contributed by atoms with Crippen LogP contribution in [0.3, 0.4) is 0 Å². The molecule has 1 aromatic heterocycles. The highest BCUT2D eigenvalue weighted by Gasteiger charge is 2.05. The van der Waals surface area contributed by atoms with Gasteiger partial charge in [0, 0.05) is 5.39 Å². The minimum Gasteiger partial charge on any atom is -0.319 e. The lowest BCUT2D eigenvalue weighted by Gasteiger charge is -2.02. The number of likely N-dealkylation sites (N-methyl/N-ethyl adjacent to an activating group) is 1. The van der Waals surface area contributed by atoms with E-state index >= 15 is 0 Å². The van der Waals surface area contributed by atoms with Crippen molar-refractivity contribution in [3.8, 4) is 0 Å². The van der Waals surface area contributed by atoms with Crippen LogP contribution in [0.15, 0.2) is 18.3 Å². The molecule has 0 fully saturated rings. The van der Waals surface area contributed by atoms with Crippen LogP contribution in [0, 0.1) is 5.82 Å². The van der Waals surface area contributed by atoms with Gasteiger partial charge in [0.05, 0.1) is 11.7 Å². The lowest BCUT2D eigenvalue weighted by molar-refractivity contribution is 0.607. The molecular formula is C10H12FN3. The average Bonchev–Trinajstić information content (AvgIpc) is 2.61. The molecule has 0 bridgehead atoms. The first-order valence-corrected chi connectivity index (χ1v) is 4.57. The Morgan fingerprint density at radius 1 is 1.50 bits per heavy atom. The molecule has 0 aliphatic carbocycles. The average molecular weight is 193 g/mol. The third-order valence-electron chi connectivity index (χ3n) is 2.25. The van der Waals surface area contributed by atoms with Crippen LogP contribution < -0.4 is 5.32 Å². The number of nitrogens with one attached hydrogen (secondary N) is 2. The molecule has 0 amide bonds. The van der Waals surface area contributed by atoms with Gasteiger partial charge in [-0.1, -0.05) is 0 Å². The van der Waals surface area contributed by atoms with Gasteiger partial charge < -0.3 is 5.32 Å². The fraction of sp³-hybridized carbons (Fsp3) is 0.300. The van der Waals surface area contributed by atoms with E-state index in [-0.39, 0.29) is 5.82 Å². The van der Waals surface area contributed by atoms with E-state index in [1.807, 2.05) is 13.1 Å². The summed E-state index contributed by atoms with van der Waals surface area (Å²) in [5, 5.41) is 10.5. The first kappa shape index (κ1) is 9.15. The van der Waals surface area contributed by atoms with E-state index in [1.54, 1.807) is 6.20 Å². The van der Waals surface area contributed by atoms with Crippen molar-refractivity contribution in [2.75, 3.05) is 13.6 Å². The van der Waals surface area contributed by atoms with Gasteiger partial charge in [0.1, 0.15) is 5.82 Å². The first-order chi connectivity index (χ1) is 6.81. The highest BCUT2D eigenvalue weighted by Crippen LogP contribution is 2.17. The molecule has 0 aliphatic rings. The number of aromatic amines is 1. The van der Waals surface area contributed by atoms with Crippen molar-refractivity contribution in [1.29, 1.82) is 0 Å². The highest BCUT2D eigenvalue weighted by molar-refractivity contribution is 5.78. The molecule has 0 unspecified atom stereocenters. The molecule has 2 N–H and O–H groups in total. The summed E-state index contributed by atoms with van der Waals surface area (Å²) in [5.74, 6) is -0.169.